The zero-order chi connectivity index (χ0) is 12.3. The Morgan fingerprint density at radius 1 is 0.941 bits per heavy atom. The fourth-order valence-corrected chi connectivity index (χ4v) is 1.63. The van der Waals surface area contributed by atoms with Crippen molar-refractivity contribution in [3.05, 3.63) is 60.2 Å². The lowest BCUT2D eigenvalue weighted by atomic mass is 10.0. The normalized spacial score (nSPS) is 14.3. The number of aliphatic hydroxyl groups excluding tert-OH is 2. The number of aliphatic hydroxyl groups is 2. The van der Waals surface area contributed by atoms with Crippen LogP contribution >= 0.6 is 0 Å². The lowest BCUT2D eigenvalue weighted by Gasteiger charge is -2.17. The summed E-state index contributed by atoms with van der Waals surface area (Å²) in [4.78, 5) is 3.88. The Labute approximate surface area is 99.8 Å². The first-order chi connectivity index (χ1) is 8.18. The van der Waals surface area contributed by atoms with E-state index in [4.69, 9.17) is 0 Å². The van der Waals surface area contributed by atoms with E-state index >= 15 is 0 Å². The first-order valence-corrected chi connectivity index (χ1v) is 5.40. The minimum Gasteiger partial charge on any atom is -0.385 e. The summed E-state index contributed by atoms with van der Waals surface area (Å²) in [6, 6.07) is 6.96. The Balaban J connectivity index is 2.20. The third-order valence-corrected chi connectivity index (χ3v) is 2.69. The Morgan fingerprint density at radius 2 is 1.41 bits per heavy atom. The van der Waals surface area contributed by atoms with E-state index in [-0.39, 0.29) is 0 Å². The van der Waals surface area contributed by atoms with E-state index in [2.05, 4.69) is 4.98 Å². The summed E-state index contributed by atoms with van der Waals surface area (Å²) in [6.45, 7) is 0. The van der Waals surface area contributed by atoms with Crippen LogP contribution in [0.3, 0.4) is 0 Å². The van der Waals surface area contributed by atoms with Gasteiger partial charge in [-0.1, -0.05) is 0 Å². The highest BCUT2D eigenvalue weighted by molar-refractivity contribution is 5.20. The molecule has 0 aliphatic carbocycles. The average molecular weight is 231 g/mol. The van der Waals surface area contributed by atoms with Crippen LogP contribution in [0.25, 0.3) is 0 Å². The highest BCUT2D eigenvalue weighted by Gasteiger charge is 2.20. The van der Waals surface area contributed by atoms with Gasteiger partial charge in [0, 0.05) is 24.5 Å². The molecule has 2 rings (SSSR count). The van der Waals surface area contributed by atoms with Gasteiger partial charge in [0.05, 0.1) is 0 Å². The van der Waals surface area contributed by atoms with E-state index in [1.807, 2.05) is 24.0 Å². The third kappa shape index (κ3) is 2.67. The maximum Gasteiger partial charge on any atom is 0.168 e. The molecule has 0 aliphatic heterocycles. The third-order valence-electron chi connectivity index (χ3n) is 2.69. The van der Waals surface area contributed by atoms with E-state index in [1.165, 1.54) is 0 Å². The van der Waals surface area contributed by atoms with Crippen LogP contribution in [0, 0.1) is 0 Å². The average Bonchev–Trinajstić information content (AvgIpc) is 2.39. The second-order valence-corrected chi connectivity index (χ2v) is 3.97. The first-order valence-electron chi connectivity index (χ1n) is 5.40. The van der Waals surface area contributed by atoms with Crippen molar-refractivity contribution < 1.29 is 14.8 Å². The number of aryl methyl sites for hydroxylation is 1. The summed E-state index contributed by atoms with van der Waals surface area (Å²) in [5.74, 6) is 0. The van der Waals surface area contributed by atoms with Gasteiger partial charge in [0.15, 0.2) is 12.4 Å². The standard InChI is InChI=1S/C13H15N2O2/c1-15-8-4-11(5-9-15)13(17)12(16)10-2-6-14-7-3-10/h2-9,12-13,16-17H,1H3/q+1. The second kappa shape index (κ2) is 5.03. The van der Waals surface area contributed by atoms with Crippen molar-refractivity contribution in [2.45, 2.75) is 12.2 Å². The molecule has 2 N–H and O–H groups in total. The van der Waals surface area contributed by atoms with Crippen LogP contribution in [0.1, 0.15) is 23.3 Å². The molecule has 0 fully saturated rings. The quantitative estimate of drug-likeness (QED) is 0.763. The molecular weight excluding hydrogens is 216 g/mol. The zero-order valence-corrected chi connectivity index (χ0v) is 9.56. The van der Waals surface area contributed by atoms with Crippen LogP contribution in [0.15, 0.2) is 49.1 Å². The monoisotopic (exact) mass is 231 g/mol. The van der Waals surface area contributed by atoms with Crippen molar-refractivity contribution in [1.82, 2.24) is 4.98 Å². The summed E-state index contributed by atoms with van der Waals surface area (Å²) in [6.07, 6.45) is 4.98. The first kappa shape index (κ1) is 11.7. The lowest BCUT2D eigenvalue weighted by Crippen LogP contribution is -2.26. The fraction of sp³-hybridized carbons (Fsp3) is 0.231. The van der Waals surface area contributed by atoms with Crippen molar-refractivity contribution in [3.8, 4) is 0 Å². The highest BCUT2D eigenvalue weighted by atomic mass is 16.3. The van der Waals surface area contributed by atoms with Crippen molar-refractivity contribution in [1.29, 1.82) is 0 Å². The molecule has 17 heavy (non-hydrogen) atoms. The largest absolute Gasteiger partial charge is 0.385 e. The molecule has 2 heterocycles. The number of pyridine rings is 2. The van der Waals surface area contributed by atoms with E-state index in [0.717, 1.165) is 0 Å². The van der Waals surface area contributed by atoms with E-state index in [1.54, 1.807) is 36.7 Å². The second-order valence-electron chi connectivity index (χ2n) is 3.97. The van der Waals surface area contributed by atoms with Gasteiger partial charge < -0.3 is 10.2 Å². The molecule has 0 saturated heterocycles. The Kier molecular flexibility index (Phi) is 3.46. The molecule has 0 aromatic carbocycles. The maximum atomic E-state index is 10.1. The van der Waals surface area contributed by atoms with Gasteiger partial charge in [0.25, 0.3) is 0 Å². The molecule has 4 nitrogen and oxygen atoms in total. The molecule has 0 spiro atoms. The Hall–Kier alpha value is -1.78. The summed E-state index contributed by atoms with van der Waals surface area (Å²) >= 11 is 0. The summed E-state index contributed by atoms with van der Waals surface area (Å²) in [7, 11) is 1.90. The van der Waals surface area contributed by atoms with Gasteiger partial charge in [0.2, 0.25) is 0 Å². The molecule has 88 valence electrons. The SMILES string of the molecule is C[n+]1ccc(C(O)C(O)c2ccncc2)cc1. The summed E-state index contributed by atoms with van der Waals surface area (Å²) < 4.78 is 1.87. The molecule has 0 saturated carbocycles. The molecule has 0 amide bonds. The summed E-state index contributed by atoms with van der Waals surface area (Å²) in [5, 5.41) is 20.1. The number of hydrogen-bond donors (Lipinski definition) is 2. The van der Waals surface area contributed by atoms with Gasteiger partial charge >= 0.3 is 0 Å². The molecular formula is C13H15N2O2+. The van der Waals surface area contributed by atoms with Crippen LogP contribution in [0.4, 0.5) is 0 Å². The number of nitrogens with zero attached hydrogens (tertiary/aromatic N) is 2. The van der Waals surface area contributed by atoms with Gasteiger partial charge in [-0.05, 0) is 23.3 Å². The van der Waals surface area contributed by atoms with Crippen LogP contribution in [0.2, 0.25) is 0 Å². The predicted molar refractivity (Wildman–Crippen MR) is 61.8 cm³/mol. The molecule has 0 aliphatic rings. The molecule has 2 atom stereocenters. The van der Waals surface area contributed by atoms with E-state index in [0.29, 0.717) is 11.1 Å². The van der Waals surface area contributed by atoms with Crippen molar-refractivity contribution in [3.63, 3.8) is 0 Å². The fourth-order valence-electron chi connectivity index (χ4n) is 1.63. The van der Waals surface area contributed by atoms with Crippen LogP contribution < -0.4 is 4.57 Å². The predicted octanol–water partition coefficient (Wildman–Crippen LogP) is 0.673. The Bertz CT molecular complexity index is 471. The topological polar surface area (TPSA) is 57.2 Å². The maximum absolute atomic E-state index is 10.1. The minimum atomic E-state index is -0.939. The smallest absolute Gasteiger partial charge is 0.168 e. The molecule has 0 bridgehead atoms. The number of aromatic nitrogens is 2. The Morgan fingerprint density at radius 3 is 1.94 bits per heavy atom. The summed E-state index contributed by atoms with van der Waals surface area (Å²) in [5.41, 5.74) is 1.34. The molecule has 2 aromatic heterocycles. The van der Waals surface area contributed by atoms with Gasteiger partial charge in [0.1, 0.15) is 19.3 Å². The van der Waals surface area contributed by atoms with Crippen molar-refractivity contribution in [2.24, 2.45) is 7.05 Å². The minimum absolute atomic E-state index is 0.653. The van der Waals surface area contributed by atoms with E-state index in [9.17, 15) is 10.2 Å². The van der Waals surface area contributed by atoms with Crippen molar-refractivity contribution in [2.75, 3.05) is 0 Å². The molecule has 0 radical (unpaired) electrons. The number of hydrogen-bond acceptors (Lipinski definition) is 3. The van der Waals surface area contributed by atoms with Gasteiger partial charge in [-0.2, -0.15) is 0 Å². The molecule has 2 unspecified atom stereocenters. The molecule has 2 aromatic rings. The van der Waals surface area contributed by atoms with Gasteiger partial charge in [-0.15, -0.1) is 0 Å². The zero-order valence-electron chi connectivity index (χ0n) is 9.56. The van der Waals surface area contributed by atoms with E-state index < -0.39 is 12.2 Å². The number of rotatable bonds is 3. The van der Waals surface area contributed by atoms with Gasteiger partial charge in [-0.3, -0.25) is 4.98 Å². The van der Waals surface area contributed by atoms with Crippen LogP contribution in [0.5, 0.6) is 0 Å². The lowest BCUT2D eigenvalue weighted by molar-refractivity contribution is -0.671. The van der Waals surface area contributed by atoms with Crippen LogP contribution in [-0.4, -0.2) is 15.2 Å². The molecule has 4 heteroatoms. The highest BCUT2D eigenvalue weighted by Crippen LogP contribution is 2.27. The van der Waals surface area contributed by atoms with Gasteiger partial charge in [-0.25, -0.2) is 4.57 Å². The van der Waals surface area contributed by atoms with Crippen LogP contribution in [-0.2, 0) is 7.05 Å². The van der Waals surface area contributed by atoms with Crippen molar-refractivity contribution >= 4 is 0 Å².